The third-order valence-electron chi connectivity index (χ3n) is 3.35. The van der Waals surface area contributed by atoms with Crippen LogP contribution in [0.3, 0.4) is 0 Å². The number of hydrogen-bond acceptors (Lipinski definition) is 5. The van der Waals surface area contributed by atoms with E-state index in [1.165, 1.54) is 30.3 Å². The first-order valence-electron chi connectivity index (χ1n) is 7.09. The zero-order valence-corrected chi connectivity index (χ0v) is 14.9. The zero-order valence-electron chi connectivity index (χ0n) is 13.3. The number of carboxylic acid groups (broad SMARTS) is 1. The predicted molar refractivity (Wildman–Crippen MR) is 99.9 cm³/mol. The number of halogens is 1. The fourth-order valence-corrected chi connectivity index (χ4v) is 2.52. The average molecular weight is 394 g/mol. The molecule has 0 aliphatic heterocycles. The molecular formula is C16H12ClN3O5S. The lowest BCUT2D eigenvalue weighted by atomic mass is 10.1. The van der Waals surface area contributed by atoms with E-state index in [4.69, 9.17) is 28.9 Å². The molecule has 2 aromatic carbocycles. The normalized spacial score (nSPS) is 10.1. The first kappa shape index (κ1) is 19.3. The molecule has 8 nitrogen and oxygen atoms in total. The van der Waals surface area contributed by atoms with Crippen molar-refractivity contribution in [3.63, 3.8) is 0 Å². The van der Waals surface area contributed by atoms with Crippen LogP contribution in [-0.4, -0.2) is 27.0 Å². The van der Waals surface area contributed by atoms with Gasteiger partial charge in [-0.25, -0.2) is 4.79 Å². The number of nitrogens with zero attached hydrogens (tertiary/aromatic N) is 1. The maximum atomic E-state index is 12.2. The van der Waals surface area contributed by atoms with Crippen LogP contribution >= 0.6 is 23.8 Å². The van der Waals surface area contributed by atoms with Gasteiger partial charge in [0, 0.05) is 22.9 Å². The van der Waals surface area contributed by atoms with Crippen LogP contribution in [0.2, 0.25) is 5.02 Å². The second kappa shape index (κ2) is 7.89. The summed E-state index contributed by atoms with van der Waals surface area (Å²) in [6.07, 6.45) is 0. The number of carboxylic acids is 1. The highest BCUT2D eigenvalue weighted by Crippen LogP contribution is 2.21. The number of aryl methyl sites for hydroxylation is 1. The van der Waals surface area contributed by atoms with Gasteiger partial charge < -0.3 is 10.4 Å². The number of rotatable bonds is 4. The summed E-state index contributed by atoms with van der Waals surface area (Å²) in [7, 11) is 0. The van der Waals surface area contributed by atoms with Crippen LogP contribution in [0.25, 0.3) is 0 Å². The van der Waals surface area contributed by atoms with Crippen LogP contribution in [0, 0.1) is 17.0 Å². The lowest BCUT2D eigenvalue weighted by Gasteiger charge is -2.11. The summed E-state index contributed by atoms with van der Waals surface area (Å²) in [6, 6.07) is 8.14. The van der Waals surface area contributed by atoms with Gasteiger partial charge >= 0.3 is 5.97 Å². The van der Waals surface area contributed by atoms with Gasteiger partial charge in [0.2, 0.25) is 0 Å². The molecule has 3 N–H and O–H groups in total. The number of nitro groups is 1. The van der Waals surface area contributed by atoms with Gasteiger partial charge in [0.15, 0.2) is 5.11 Å². The van der Waals surface area contributed by atoms with E-state index in [2.05, 4.69) is 10.6 Å². The molecule has 1 amide bonds. The van der Waals surface area contributed by atoms with Crippen molar-refractivity contribution >= 4 is 52.2 Å². The number of benzene rings is 2. The van der Waals surface area contributed by atoms with Gasteiger partial charge in [-0.05, 0) is 43.4 Å². The van der Waals surface area contributed by atoms with Crippen molar-refractivity contribution in [1.82, 2.24) is 5.32 Å². The standard InChI is InChI=1S/C16H12ClN3O5S/c1-8-2-3-9(6-13(8)20(24)25)14(21)19-16(26)18-10-4-5-11(15(22)23)12(17)7-10/h2-7H,1H3,(H,22,23)(H2,18,19,21,26). The minimum Gasteiger partial charge on any atom is -0.478 e. The van der Waals surface area contributed by atoms with Gasteiger partial charge in [0.1, 0.15) is 0 Å². The summed E-state index contributed by atoms with van der Waals surface area (Å²) in [6.45, 7) is 1.57. The topological polar surface area (TPSA) is 122 Å². The third-order valence-corrected chi connectivity index (χ3v) is 3.87. The Morgan fingerprint density at radius 1 is 1.23 bits per heavy atom. The first-order valence-corrected chi connectivity index (χ1v) is 7.88. The highest BCUT2D eigenvalue weighted by Gasteiger charge is 2.16. The molecule has 0 saturated carbocycles. The van der Waals surface area contributed by atoms with Gasteiger partial charge in [0.05, 0.1) is 15.5 Å². The number of hydrogen-bond donors (Lipinski definition) is 3. The largest absolute Gasteiger partial charge is 0.478 e. The quantitative estimate of drug-likeness (QED) is 0.413. The molecule has 0 heterocycles. The molecule has 2 aromatic rings. The van der Waals surface area contributed by atoms with E-state index in [9.17, 15) is 19.7 Å². The molecule has 0 unspecified atom stereocenters. The summed E-state index contributed by atoms with van der Waals surface area (Å²) >= 11 is 10.9. The number of carbonyl (C=O) groups excluding carboxylic acids is 1. The van der Waals surface area contributed by atoms with Crippen LogP contribution in [0.1, 0.15) is 26.3 Å². The summed E-state index contributed by atoms with van der Waals surface area (Å²) < 4.78 is 0. The number of thiocarbonyl (C=S) groups is 1. The molecule has 0 aliphatic carbocycles. The maximum absolute atomic E-state index is 12.2. The van der Waals surface area contributed by atoms with E-state index >= 15 is 0 Å². The highest BCUT2D eigenvalue weighted by atomic mass is 35.5. The highest BCUT2D eigenvalue weighted by molar-refractivity contribution is 7.80. The van der Waals surface area contributed by atoms with Crippen LogP contribution in [-0.2, 0) is 0 Å². The van der Waals surface area contributed by atoms with Crippen LogP contribution < -0.4 is 10.6 Å². The van der Waals surface area contributed by atoms with Crippen molar-refractivity contribution in [1.29, 1.82) is 0 Å². The average Bonchev–Trinajstić information content (AvgIpc) is 2.54. The van der Waals surface area contributed by atoms with E-state index < -0.39 is 16.8 Å². The number of amides is 1. The van der Waals surface area contributed by atoms with Gasteiger partial charge in [-0.3, -0.25) is 20.2 Å². The van der Waals surface area contributed by atoms with Gasteiger partial charge in [-0.2, -0.15) is 0 Å². The van der Waals surface area contributed by atoms with Crippen molar-refractivity contribution in [2.45, 2.75) is 6.92 Å². The van der Waals surface area contributed by atoms with Crippen molar-refractivity contribution < 1.29 is 19.6 Å². The molecule has 0 fully saturated rings. The van der Waals surface area contributed by atoms with E-state index in [1.807, 2.05) is 0 Å². The van der Waals surface area contributed by atoms with Crippen molar-refractivity contribution in [2.75, 3.05) is 5.32 Å². The molecule has 0 aromatic heterocycles. The van der Waals surface area contributed by atoms with Gasteiger partial charge in [0.25, 0.3) is 11.6 Å². The zero-order chi connectivity index (χ0) is 19.4. The van der Waals surface area contributed by atoms with Crippen molar-refractivity contribution in [3.05, 3.63) is 68.2 Å². The second-order valence-corrected chi connectivity index (χ2v) is 5.98. The molecule has 26 heavy (non-hydrogen) atoms. The molecule has 0 saturated heterocycles. The Morgan fingerprint density at radius 2 is 1.92 bits per heavy atom. The Morgan fingerprint density at radius 3 is 2.50 bits per heavy atom. The Hall–Kier alpha value is -3.04. The summed E-state index contributed by atoms with van der Waals surface area (Å²) in [5.74, 6) is -1.79. The predicted octanol–water partition coefficient (Wildman–Crippen LogP) is 3.38. The van der Waals surface area contributed by atoms with E-state index in [1.54, 1.807) is 6.92 Å². The monoisotopic (exact) mass is 393 g/mol. The Labute approximate surface area is 157 Å². The number of anilines is 1. The summed E-state index contributed by atoms with van der Waals surface area (Å²) in [5, 5.41) is 24.9. The number of aromatic carboxylic acids is 1. The molecule has 0 atom stereocenters. The van der Waals surface area contributed by atoms with Crippen LogP contribution in [0.15, 0.2) is 36.4 Å². The molecule has 134 valence electrons. The lowest BCUT2D eigenvalue weighted by Crippen LogP contribution is -2.34. The van der Waals surface area contributed by atoms with Crippen LogP contribution in [0.5, 0.6) is 0 Å². The maximum Gasteiger partial charge on any atom is 0.337 e. The van der Waals surface area contributed by atoms with Gasteiger partial charge in [-0.15, -0.1) is 0 Å². The number of nitrogens with one attached hydrogen (secondary N) is 2. The summed E-state index contributed by atoms with van der Waals surface area (Å²) in [5.41, 5.74) is 0.637. The van der Waals surface area contributed by atoms with E-state index in [0.29, 0.717) is 11.3 Å². The molecule has 10 heteroatoms. The van der Waals surface area contributed by atoms with Crippen molar-refractivity contribution in [3.8, 4) is 0 Å². The van der Waals surface area contributed by atoms with Crippen LogP contribution in [0.4, 0.5) is 11.4 Å². The summed E-state index contributed by atoms with van der Waals surface area (Å²) in [4.78, 5) is 33.5. The molecular weight excluding hydrogens is 382 g/mol. The fourth-order valence-electron chi connectivity index (χ4n) is 2.05. The fraction of sp³-hybridized carbons (Fsp3) is 0.0625. The molecule has 2 rings (SSSR count). The molecule has 0 bridgehead atoms. The first-order chi connectivity index (χ1) is 12.2. The minimum atomic E-state index is -1.17. The van der Waals surface area contributed by atoms with E-state index in [0.717, 1.165) is 6.07 Å². The Kier molecular flexibility index (Phi) is 5.86. The molecule has 0 radical (unpaired) electrons. The Bertz CT molecular complexity index is 932. The molecule has 0 spiro atoms. The second-order valence-electron chi connectivity index (χ2n) is 5.17. The minimum absolute atomic E-state index is 0.00536. The van der Waals surface area contributed by atoms with E-state index in [-0.39, 0.29) is 26.9 Å². The lowest BCUT2D eigenvalue weighted by molar-refractivity contribution is -0.385. The SMILES string of the molecule is Cc1ccc(C(=O)NC(=S)Nc2ccc(C(=O)O)c(Cl)c2)cc1[N+](=O)[O-]. The van der Waals surface area contributed by atoms with Crippen molar-refractivity contribution in [2.24, 2.45) is 0 Å². The van der Waals surface area contributed by atoms with Gasteiger partial charge in [-0.1, -0.05) is 17.7 Å². The number of carbonyl (C=O) groups is 2. The third kappa shape index (κ3) is 4.52. The molecule has 0 aliphatic rings. The Balaban J connectivity index is 2.09. The smallest absolute Gasteiger partial charge is 0.337 e. The number of nitro benzene ring substituents is 1.